The molecule has 7 nitrogen and oxygen atoms in total. The smallest absolute Gasteiger partial charge is 0.311 e. The Bertz CT molecular complexity index is 757. The fraction of sp³-hybridized carbons (Fsp3) is 0.792. The third-order valence-electron chi connectivity index (χ3n) is 7.51. The summed E-state index contributed by atoms with van der Waals surface area (Å²) < 4.78 is 4.30. The minimum Gasteiger partial charge on any atom is -0.466 e. The molecule has 3 aliphatic rings. The monoisotopic (exact) mass is 466 g/mol. The number of nitrogens with zero attached hydrogens (tertiary/aromatic N) is 2. The molecule has 8 heteroatoms. The number of likely N-dealkylation sites (tertiary alicyclic amines) is 1. The number of fused-ring (bicyclic) bond motifs is 1. The van der Waals surface area contributed by atoms with Crippen molar-refractivity contribution in [2.24, 2.45) is 11.8 Å². The summed E-state index contributed by atoms with van der Waals surface area (Å²) in [7, 11) is 0. The molecule has 0 radical (unpaired) electrons. The highest BCUT2D eigenvalue weighted by molar-refractivity contribution is 8.02. The molecule has 180 valence electrons. The standard InChI is InChI=1S/C24H38N2O5S/c1-6-10-14-25(13-7-2)21(29)19-24-12-11-23(5,32-24)18(22(30)31-9-4)17(24)20(28)26(19)16(8-3)15-27/h7,16-19,27H,2,6,8-15H2,1,3-5H3/t16-,17-,18-,19?,23+,24?/m0/s1. The number of hydrogen-bond donors (Lipinski definition) is 1. The average molecular weight is 467 g/mol. The molecule has 2 unspecified atom stereocenters. The van der Waals surface area contributed by atoms with Gasteiger partial charge in [0.15, 0.2) is 0 Å². The van der Waals surface area contributed by atoms with Crippen molar-refractivity contribution >= 4 is 29.5 Å². The van der Waals surface area contributed by atoms with Crippen LogP contribution in [0.4, 0.5) is 0 Å². The lowest BCUT2D eigenvalue weighted by Gasteiger charge is -2.39. The Morgan fingerprint density at radius 3 is 2.66 bits per heavy atom. The van der Waals surface area contributed by atoms with Gasteiger partial charge in [0.05, 0.1) is 35.8 Å². The lowest BCUT2D eigenvalue weighted by atomic mass is 9.66. The molecule has 3 fully saturated rings. The minimum atomic E-state index is -0.694. The quantitative estimate of drug-likeness (QED) is 0.372. The summed E-state index contributed by atoms with van der Waals surface area (Å²) in [4.78, 5) is 44.4. The highest BCUT2D eigenvalue weighted by Crippen LogP contribution is 2.71. The molecule has 2 amide bonds. The van der Waals surface area contributed by atoms with Crippen molar-refractivity contribution in [1.82, 2.24) is 9.80 Å². The van der Waals surface area contributed by atoms with Crippen LogP contribution in [0.2, 0.25) is 0 Å². The van der Waals surface area contributed by atoms with Crippen molar-refractivity contribution in [2.75, 3.05) is 26.3 Å². The average Bonchev–Trinajstić information content (AvgIpc) is 3.33. The van der Waals surface area contributed by atoms with E-state index in [2.05, 4.69) is 13.5 Å². The van der Waals surface area contributed by atoms with Crippen LogP contribution in [0, 0.1) is 11.8 Å². The van der Waals surface area contributed by atoms with Crippen molar-refractivity contribution in [3.8, 4) is 0 Å². The molecule has 0 saturated carbocycles. The van der Waals surface area contributed by atoms with Gasteiger partial charge in [-0.2, -0.15) is 0 Å². The molecule has 3 rings (SSSR count). The van der Waals surface area contributed by atoms with E-state index in [1.54, 1.807) is 34.6 Å². The number of unbranched alkanes of at least 4 members (excludes halogenated alkanes) is 1. The Morgan fingerprint density at radius 2 is 2.09 bits per heavy atom. The number of esters is 1. The fourth-order valence-electron chi connectivity index (χ4n) is 6.01. The molecule has 6 atom stereocenters. The van der Waals surface area contributed by atoms with Crippen LogP contribution >= 0.6 is 11.8 Å². The van der Waals surface area contributed by atoms with Gasteiger partial charge < -0.3 is 19.6 Å². The normalized spacial score (nSPS) is 33.8. The van der Waals surface area contributed by atoms with Crippen molar-refractivity contribution in [3.05, 3.63) is 12.7 Å². The topological polar surface area (TPSA) is 87.2 Å². The minimum absolute atomic E-state index is 0.0950. The Labute approximate surface area is 195 Å². The van der Waals surface area contributed by atoms with Crippen molar-refractivity contribution in [1.29, 1.82) is 0 Å². The van der Waals surface area contributed by atoms with Crippen LogP contribution in [0.3, 0.4) is 0 Å². The van der Waals surface area contributed by atoms with E-state index in [1.165, 1.54) is 0 Å². The maximum atomic E-state index is 14.0. The van der Waals surface area contributed by atoms with Crippen LogP contribution < -0.4 is 0 Å². The number of hydrogen-bond acceptors (Lipinski definition) is 6. The van der Waals surface area contributed by atoms with Gasteiger partial charge >= 0.3 is 5.97 Å². The summed E-state index contributed by atoms with van der Waals surface area (Å²) >= 11 is 1.64. The molecule has 0 aromatic heterocycles. The van der Waals surface area contributed by atoms with Crippen LogP contribution in [0.1, 0.15) is 59.8 Å². The van der Waals surface area contributed by atoms with E-state index in [9.17, 15) is 19.5 Å². The molecule has 1 N–H and O–H groups in total. The zero-order chi connectivity index (χ0) is 23.7. The summed E-state index contributed by atoms with van der Waals surface area (Å²) in [6.45, 7) is 12.7. The first-order valence-electron chi connectivity index (χ1n) is 12.0. The second-order valence-electron chi connectivity index (χ2n) is 9.40. The third kappa shape index (κ3) is 3.77. The second kappa shape index (κ2) is 9.75. The van der Waals surface area contributed by atoms with E-state index in [0.29, 0.717) is 25.9 Å². The summed E-state index contributed by atoms with van der Waals surface area (Å²) in [5, 5.41) is 10.1. The second-order valence-corrected chi connectivity index (χ2v) is 11.3. The summed E-state index contributed by atoms with van der Waals surface area (Å²) in [5.41, 5.74) is 0. The molecule has 32 heavy (non-hydrogen) atoms. The Morgan fingerprint density at radius 1 is 1.38 bits per heavy atom. The molecule has 3 aliphatic heterocycles. The Balaban J connectivity index is 2.09. The van der Waals surface area contributed by atoms with Gasteiger partial charge in [-0.1, -0.05) is 26.3 Å². The van der Waals surface area contributed by atoms with Gasteiger partial charge in [-0.05, 0) is 39.5 Å². The number of ether oxygens (including phenoxy) is 1. The van der Waals surface area contributed by atoms with Gasteiger partial charge in [0.2, 0.25) is 11.8 Å². The predicted octanol–water partition coefficient (Wildman–Crippen LogP) is 2.62. The first-order valence-corrected chi connectivity index (χ1v) is 12.8. The van der Waals surface area contributed by atoms with E-state index >= 15 is 0 Å². The molecular formula is C24H38N2O5S. The zero-order valence-electron chi connectivity index (χ0n) is 19.8. The van der Waals surface area contributed by atoms with Gasteiger partial charge in [0, 0.05) is 17.8 Å². The molecule has 1 spiro atoms. The molecule has 0 aliphatic carbocycles. The van der Waals surface area contributed by atoms with Crippen molar-refractivity contribution in [3.63, 3.8) is 0 Å². The van der Waals surface area contributed by atoms with Crippen molar-refractivity contribution in [2.45, 2.75) is 81.4 Å². The number of carbonyl (C=O) groups is 3. The van der Waals surface area contributed by atoms with Crippen LogP contribution in [0.5, 0.6) is 0 Å². The number of aliphatic hydroxyl groups excluding tert-OH is 1. The molecule has 3 heterocycles. The van der Waals surface area contributed by atoms with Crippen LogP contribution in [-0.2, 0) is 19.1 Å². The van der Waals surface area contributed by atoms with E-state index in [4.69, 9.17) is 4.74 Å². The molecule has 2 bridgehead atoms. The summed E-state index contributed by atoms with van der Waals surface area (Å²) in [6.07, 6.45) is 5.53. The summed E-state index contributed by atoms with van der Waals surface area (Å²) in [5.74, 6) is -1.80. The van der Waals surface area contributed by atoms with E-state index in [0.717, 1.165) is 19.3 Å². The maximum absolute atomic E-state index is 14.0. The van der Waals surface area contributed by atoms with E-state index < -0.39 is 33.4 Å². The Hall–Kier alpha value is -1.54. The molecular weight excluding hydrogens is 428 g/mol. The van der Waals surface area contributed by atoms with Crippen LogP contribution in [0.25, 0.3) is 0 Å². The van der Waals surface area contributed by atoms with Gasteiger partial charge in [0.25, 0.3) is 0 Å². The Kier molecular flexibility index (Phi) is 7.65. The van der Waals surface area contributed by atoms with Gasteiger partial charge in [-0.15, -0.1) is 18.3 Å². The SMILES string of the molecule is C=CCN(CCCC)C(=O)C1N([C@@H](CC)CO)C(=O)[C@@H]2[C@@H](C(=O)OCC)[C@@]3(C)CCC12S3. The molecule has 0 aromatic rings. The lowest BCUT2D eigenvalue weighted by Crippen LogP contribution is -2.57. The number of rotatable bonds is 11. The molecule has 0 aromatic carbocycles. The van der Waals surface area contributed by atoms with E-state index in [-0.39, 0.29) is 31.0 Å². The summed E-state index contributed by atoms with van der Waals surface area (Å²) in [6, 6.07) is -1.15. The van der Waals surface area contributed by atoms with Crippen molar-refractivity contribution < 1.29 is 24.2 Å². The number of aliphatic hydroxyl groups is 1. The predicted molar refractivity (Wildman–Crippen MR) is 125 cm³/mol. The number of amides is 2. The van der Waals surface area contributed by atoms with Gasteiger partial charge in [-0.3, -0.25) is 14.4 Å². The molecule has 3 saturated heterocycles. The number of carbonyl (C=O) groups excluding carboxylic acids is 3. The van der Waals surface area contributed by atoms with Gasteiger partial charge in [-0.25, -0.2) is 0 Å². The highest BCUT2D eigenvalue weighted by Gasteiger charge is 2.78. The maximum Gasteiger partial charge on any atom is 0.311 e. The number of thioether (sulfide) groups is 1. The lowest BCUT2D eigenvalue weighted by molar-refractivity contribution is -0.155. The van der Waals surface area contributed by atoms with Crippen LogP contribution in [0.15, 0.2) is 12.7 Å². The highest BCUT2D eigenvalue weighted by atomic mass is 32.2. The largest absolute Gasteiger partial charge is 0.466 e. The first kappa shape index (κ1) is 25.1. The fourth-order valence-corrected chi connectivity index (χ4v) is 8.33. The van der Waals surface area contributed by atoms with Crippen LogP contribution in [-0.4, -0.2) is 80.6 Å². The zero-order valence-corrected chi connectivity index (χ0v) is 20.7. The third-order valence-corrected chi connectivity index (χ3v) is 9.49. The first-order chi connectivity index (χ1) is 15.3. The van der Waals surface area contributed by atoms with E-state index in [1.807, 2.05) is 13.8 Å². The van der Waals surface area contributed by atoms with Gasteiger partial charge in [0.1, 0.15) is 6.04 Å².